The van der Waals surface area contributed by atoms with Gasteiger partial charge in [0.1, 0.15) is 11.8 Å². The molecule has 1 aliphatic heterocycles. The number of nitrogens with zero attached hydrogens (tertiary/aromatic N) is 1. The molecule has 9 heteroatoms. The lowest BCUT2D eigenvalue weighted by Crippen LogP contribution is -2.49. The minimum absolute atomic E-state index is 0.00980. The lowest BCUT2D eigenvalue weighted by molar-refractivity contribution is -0.124. The smallest absolute Gasteiger partial charge is 0.241 e. The van der Waals surface area contributed by atoms with Crippen molar-refractivity contribution >= 4 is 27.5 Å². The van der Waals surface area contributed by atoms with E-state index in [0.29, 0.717) is 25.1 Å². The van der Waals surface area contributed by atoms with E-state index in [1.54, 1.807) is 49.9 Å². The maximum absolute atomic E-state index is 13.0. The molecule has 2 heterocycles. The van der Waals surface area contributed by atoms with Crippen LogP contribution in [0, 0.1) is 5.92 Å². The van der Waals surface area contributed by atoms with Crippen LogP contribution in [0.15, 0.2) is 45.9 Å². The zero-order chi connectivity index (χ0) is 21.9. The van der Waals surface area contributed by atoms with Crippen LogP contribution in [0.1, 0.15) is 38.5 Å². The normalized spacial score (nSPS) is 14.6. The Balaban J connectivity index is 1.75. The average molecular weight is 434 g/mol. The van der Waals surface area contributed by atoms with E-state index in [9.17, 15) is 18.0 Å². The zero-order valence-electron chi connectivity index (χ0n) is 17.3. The summed E-state index contributed by atoms with van der Waals surface area (Å²) in [6.45, 7) is 6.07. The Morgan fingerprint density at radius 2 is 2.00 bits per heavy atom. The zero-order valence-corrected chi connectivity index (χ0v) is 18.2. The first-order chi connectivity index (χ1) is 14.2. The molecule has 2 aromatic rings. The molecule has 8 nitrogen and oxygen atoms in total. The van der Waals surface area contributed by atoms with Gasteiger partial charge in [-0.05, 0) is 48.2 Å². The van der Waals surface area contributed by atoms with Crippen LogP contribution >= 0.6 is 0 Å². The molecule has 1 aromatic carbocycles. The van der Waals surface area contributed by atoms with E-state index < -0.39 is 22.0 Å². The van der Waals surface area contributed by atoms with Gasteiger partial charge in [-0.25, -0.2) is 8.42 Å². The molecule has 2 N–H and O–H groups in total. The molecule has 0 aliphatic carbocycles. The third kappa shape index (κ3) is 4.73. The number of carbonyl (C=O) groups excluding carboxylic acids is 2. The van der Waals surface area contributed by atoms with Gasteiger partial charge in [-0.2, -0.15) is 4.72 Å². The summed E-state index contributed by atoms with van der Waals surface area (Å²) in [7, 11) is -3.92. The van der Waals surface area contributed by atoms with E-state index in [1.165, 1.54) is 12.3 Å². The molecule has 0 unspecified atom stereocenters. The van der Waals surface area contributed by atoms with Crippen LogP contribution < -0.4 is 14.9 Å². The molecular weight excluding hydrogens is 406 g/mol. The number of benzene rings is 1. The number of amides is 2. The molecule has 3 rings (SSSR count). The molecule has 0 saturated heterocycles. The molecular formula is C21H27N3O5S. The summed E-state index contributed by atoms with van der Waals surface area (Å²) >= 11 is 0. The SMILES string of the molecule is CCC(=O)N1CCc2cc(S(=O)(=O)N[C@@H](C(=O)NCc3ccco3)C(C)C)ccc21. The van der Waals surface area contributed by atoms with Gasteiger partial charge < -0.3 is 14.6 Å². The average Bonchev–Trinajstić information content (AvgIpc) is 3.38. The maximum atomic E-state index is 13.0. The molecule has 1 aromatic heterocycles. The Morgan fingerprint density at radius 3 is 2.63 bits per heavy atom. The lowest BCUT2D eigenvalue weighted by atomic mass is 10.1. The van der Waals surface area contributed by atoms with Crippen LogP contribution in [0.3, 0.4) is 0 Å². The molecule has 1 aliphatic rings. The maximum Gasteiger partial charge on any atom is 0.241 e. The number of furan rings is 1. The Bertz CT molecular complexity index is 1020. The van der Waals surface area contributed by atoms with E-state index in [2.05, 4.69) is 10.0 Å². The van der Waals surface area contributed by atoms with Crippen molar-refractivity contribution in [2.75, 3.05) is 11.4 Å². The predicted molar refractivity (Wildman–Crippen MR) is 112 cm³/mol. The molecule has 0 radical (unpaired) electrons. The van der Waals surface area contributed by atoms with Gasteiger partial charge >= 0.3 is 0 Å². The van der Waals surface area contributed by atoms with Gasteiger partial charge in [-0.15, -0.1) is 0 Å². The van der Waals surface area contributed by atoms with Crippen LogP contribution in [-0.2, 0) is 32.6 Å². The summed E-state index contributed by atoms with van der Waals surface area (Å²) in [4.78, 5) is 26.4. The molecule has 162 valence electrons. The number of carbonyl (C=O) groups is 2. The van der Waals surface area contributed by atoms with Crippen LogP contribution in [0.2, 0.25) is 0 Å². The first-order valence-corrected chi connectivity index (χ1v) is 11.5. The van der Waals surface area contributed by atoms with Gasteiger partial charge in [-0.3, -0.25) is 9.59 Å². The Morgan fingerprint density at radius 1 is 1.23 bits per heavy atom. The summed E-state index contributed by atoms with van der Waals surface area (Å²) < 4.78 is 33.6. The van der Waals surface area contributed by atoms with Crippen molar-refractivity contribution < 1.29 is 22.4 Å². The minimum atomic E-state index is -3.92. The monoisotopic (exact) mass is 433 g/mol. The van der Waals surface area contributed by atoms with Crippen molar-refractivity contribution in [1.29, 1.82) is 0 Å². The number of nitrogens with one attached hydrogen (secondary N) is 2. The Hall–Kier alpha value is -2.65. The van der Waals surface area contributed by atoms with Crippen LogP contribution in [0.4, 0.5) is 5.69 Å². The number of hydrogen-bond donors (Lipinski definition) is 2. The van der Waals surface area contributed by atoms with Gasteiger partial charge in [0.25, 0.3) is 0 Å². The molecule has 1 atom stereocenters. The highest BCUT2D eigenvalue weighted by Crippen LogP contribution is 2.30. The summed E-state index contributed by atoms with van der Waals surface area (Å²) in [5, 5.41) is 2.70. The second kappa shape index (κ2) is 9.01. The third-order valence-corrected chi connectivity index (χ3v) is 6.55. The van der Waals surface area contributed by atoms with Crippen LogP contribution in [0.5, 0.6) is 0 Å². The second-order valence-electron chi connectivity index (χ2n) is 7.58. The number of hydrogen-bond acceptors (Lipinski definition) is 5. The van der Waals surface area contributed by atoms with Crippen molar-refractivity contribution in [1.82, 2.24) is 10.0 Å². The Kier molecular flexibility index (Phi) is 6.62. The number of rotatable bonds is 8. The van der Waals surface area contributed by atoms with Crippen LogP contribution in [-0.4, -0.2) is 32.8 Å². The van der Waals surface area contributed by atoms with Crippen LogP contribution in [0.25, 0.3) is 0 Å². The lowest BCUT2D eigenvalue weighted by Gasteiger charge is -2.22. The van der Waals surface area contributed by atoms with Gasteiger partial charge in [-0.1, -0.05) is 20.8 Å². The van der Waals surface area contributed by atoms with E-state index in [-0.39, 0.29) is 23.3 Å². The van der Waals surface area contributed by atoms with Gasteiger partial charge in [0.05, 0.1) is 17.7 Å². The summed E-state index contributed by atoms with van der Waals surface area (Å²) in [5.74, 6) is -0.0941. The van der Waals surface area contributed by atoms with Gasteiger partial charge in [0.2, 0.25) is 21.8 Å². The summed E-state index contributed by atoms with van der Waals surface area (Å²) in [6, 6.07) is 7.22. The molecule has 0 bridgehead atoms. The second-order valence-corrected chi connectivity index (χ2v) is 9.29. The fourth-order valence-electron chi connectivity index (χ4n) is 3.42. The topological polar surface area (TPSA) is 109 Å². The first-order valence-electron chi connectivity index (χ1n) is 9.98. The fourth-order valence-corrected chi connectivity index (χ4v) is 4.81. The van der Waals surface area contributed by atoms with E-state index in [4.69, 9.17) is 4.42 Å². The highest BCUT2D eigenvalue weighted by Gasteiger charge is 2.30. The Labute approximate surface area is 176 Å². The van der Waals surface area contributed by atoms with Crippen molar-refractivity contribution in [3.63, 3.8) is 0 Å². The quantitative estimate of drug-likeness (QED) is 0.663. The summed E-state index contributed by atoms with van der Waals surface area (Å²) in [6.07, 6.45) is 2.50. The minimum Gasteiger partial charge on any atom is -0.467 e. The fraction of sp³-hybridized carbons (Fsp3) is 0.429. The van der Waals surface area contributed by atoms with Crippen molar-refractivity contribution in [3.8, 4) is 0 Å². The van der Waals surface area contributed by atoms with E-state index in [1.807, 2.05) is 0 Å². The van der Waals surface area contributed by atoms with Gasteiger partial charge in [0.15, 0.2) is 0 Å². The summed E-state index contributed by atoms with van der Waals surface area (Å²) in [5.41, 5.74) is 1.56. The van der Waals surface area contributed by atoms with E-state index in [0.717, 1.165) is 11.3 Å². The van der Waals surface area contributed by atoms with E-state index >= 15 is 0 Å². The number of fused-ring (bicyclic) bond motifs is 1. The molecule has 0 spiro atoms. The predicted octanol–water partition coefficient (Wildman–Crippen LogP) is 2.20. The highest BCUT2D eigenvalue weighted by atomic mass is 32.2. The third-order valence-electron chi connectivity index (χ3n) is 5.11. The standard InChI is InChI=1S/C21H27N3O5S/c1-4-19(25)24-10-9-15-12-17(7-8-18(15)24)30(27,28)23-20(14(2)3)21(26)22-13-16-6-5-11-29-16/h5-8,11-12,14,20,23H,4,9-10,13H2,1-3H3,(H,22,26)/t20-/m1/s1. The number of anilines is 1. The first kappa shape index (κ1) is 22.0. The molecule has 30 heavy (non-hydrogen) atoms. The van der Waals surface area contributed by atoms with Crippen molar-refractivity contribution in [2.45, 2.75) is 51.1 Å². The van der Waals surface area contributed by atoms with Gasteiger partial charge in [0, 0.05) is 18.7 Å². The largest absolute Gasteiger partial charge is 0.467 e. The molecule has 0 fully saturated rings. The number of sulfonamides is 1. The molecule has 0 saturated carbocycles. The van der Waals surface area contributed by atoms with Crippen molar-refractivity contribution in [2.24, 2.45) is 5.92 Å². The van der Waals surface area contributed by atoms with Crippen molar-refractivity contribution in [3.05, 3.63) is 47.9 Å². The molecule has 2 amide bonds. The highest BCUT2D eigenvalue weighted by molar-refractivity contribution is 7.89.